The van der Waals surface area contributed by atoms with Crippen molar-refractivity contribution in [2.24, 2.45) is 16.8 Å². The second-order valence-corrected chi connectivity index (χ2v) is 7.64. The topological polar surface area (TPSA) is 60.0 Å². The van der Waals surface area contributed by atoms with Crippen LogP contribution in [0.25, 0.3) is 0 Å². The van der Waals surface area contributed by atoms with Crippen molar-refractivity contribution in [2.45, 2.75) is 46.5 Å². The Bertz CT molecular complexity index is 432. The summed E-state index contributed by atoms with van der Waals surface area (Å²) < 4.78 is 0. The average molecular weight is 352 g/mol. The summed E-state index contributed by atoms with van der Waals surface area (Å²) in [6, 6.07) is 0. The first-order chi connectivity index (χ1) is 12.1. The SMILES string of the molecule is CCNC(=NCCNC(=O)C(C)C)N1CCC(CN2CCCCC2)C1. The number of carbonyl (C=O) groups is 1. The van der Waals surface area contributed by atoms with E-state index in [0.717, 1.165) is 31.5 Å². The number of hydrogen-bond donors (Lipinski definition) is 2. The summed E-state index contributed by atoms with van der Waals surface area (Å²) in [5, 5.41) is 6.34. The van der Waals surface area contributed by atoms with E-state index < -0.39 is 0 Å². The Labute approximate surface area is 153 Å². The van der Waals surface area contributed by atoms with Crippen LogP contribution in [-0.2, 0) is 4.79 Å². The first-order valence-electron chi connectivity index (χ1n) is 10.1. The van der Waals surface area contributed by atoms with Gasteiger partial charge in [-0.2, -0.15) is 0 Å². The molecule has 0 aromatic heterocycles. The van der Waals surface area contributed by atoms with Gasteiger partial charge in [0.15, 0.2) is 5.96 Å². The molecule has 25 heavy (non-hydrogen) atoms. The van der Waals surface area contributed by atoms with Gasteiger partial charge in [0.2, 0.25) is 5.91 Å². The molecule has 2 saturated heterocycles. The van der Waals surface area contributed by atoms with Crippen LogP contribution in [0.15, 0.2) is 4.99 Å². The largest absolute Gasteiger partial charge is 0.357 e. The van der Waals surface area contributed by atoms with Crippen LogP contribution in [0.4, 0.5) is 0 Å². The minimum atomic E-state index is 0.0337. The quantitative estimate of drug-likeness (QED) is 0.415. The lowest BCUT2D eigenvalue weighted by molar-refractivity contribution is -0.123. The molecule has 2 aliphatic heterocycles. The molecule has 2 rings (SSSR count). The highest BCUT2D eigenvalue weighted by molar-refractivity contribution is 5.80. The number of hydrogen-bond acceptors (Lipinski definition) is 3. The fraction of sp³-hybridized carbons (Fsp3) is 0.895. The molecule has 0 spiro atoms. The van der Waals surface area contributed by atoms with Gasteiger partial charge in [-0.15, -0.1) is 0 Å². The molecule has 1 unspecified atom stereocenters. The van der Waals surface area contributed by atoms with Crippen LogP contribution in [-0.4, -0.2) is 74.0 Å². The maximum Gasteiger partial charge on any atom is 0.222 e. The second kappa shape index (κ2) is 10.6. The van der Waals surface area contributed by atoms with Gasteiger partial charge >= 0.3 is 0 Å². The number of nitrogens with zero attached hydrogens (tertiary/aromatic N) is 3. The van der Waals surface area contributed by atoms with Crippen LogP contribution in [0, 0.1) is 11.8 Å². The Balaban J connectivity index is 1.77. The minimum absolute atomic E-state index is 0.0337. The van der Waals surface area contributed by atoms with Gasteiger partial charge < -0.3 is 20.4 Å². The van der Waals surface area contributed by atoms with E-state index in [9.17, 15) is 4.79 Å². The minimum Gasteiger partial charge on any atom is -0.357 e. The van der Waals surface area contributed by atoms with Gasteiger partial charge in [-0.05, 0) is 45.2 Å². The molecule has 0 saturated carbocycles. The van der Waals surface area contributed by atoms with E-state index in [-0.39, 0.29) is 11.8 Å². The number of carbonyl (C=O) groups excluding carboxylic acids is 1. The number of guanidine groups is 1. The van der Waals surface area contributed by atoms with E-state index in [1.807, 2.05) is 13.8 Å². The van der Waals surface area contributed by atoms with E-state index in [4.69, 9.17) is 4.99 Å². The molecular formula is C19H37N5O. The average Bonchev–Trinajstić information content (AvgIpc) is 3.06. The van der Waals surface area contributed by atoms with Crippen LogP contribution < -0.4 is 10.6 Å². The molecule has 6 nitrogen and oxygen atoms in total. The highest BCUT2D eigenvalue weighted by Gasteiger charge is 2.26. The Morgan fingerprint density at radius 2 is 1.92 bits per heavy atom. The summed E-state index contributed by atoms with van der Waals surface area (Å²) in [6.07, 6.45) is 5.38. The lowest BCUT2D eigenvalue weighted by Crippen LogP contribution is -2.41. The van der Waals surface area contributed by atoms with Crippen molar-refractivity contribution in [3.8, 4) is 0 Å². The number of aliphatic imine (C=N–C) groups is 1. The van der Waals surface area contributed by atoms with Crippen molar-refractivity contribution in [3.63, 3.8) is 0 Å². The van der Waals surface area contributed by atoms with E-state index in [2.05, 4.69) is 27.4 Å². The van der Waals surface area contributed by atoms with Gasteiger partial charge in [-0.3, -0.25) is 9.79 Å². The Morgan fingerprint density at radius 1 is 1.16 bits per heavy atom. The normalized spacial score (nSPS) is 22.5. The van der Waals surface area contributed by atoms with Crippen LogP contribution >= 0.6 is 0 Å². The fourth-order valence-electron chi connectivity index (χ4n) is 3.65. The molecule has 1 atom stereocenters. The van der Waals surface area contributed by atoms with Crippen LogP contribution in [0.3, 0.4) is 0 Å². The molecule has 144 valence electrons. The van der Waals surface area contributed by atoms with Gasteiger partial charge in [0.1, 0.15) is 0 Å². The van der Waals surface area contributed by atoms with Gasteiger partial charge in [-0.25, -0.2) is 0 Å². The number of amides is 1. The second-order valence-electron chi connectivity index (χ2n) is 7.64. The third-order valence-electron chi connectivity index (χ3n) is 5.08. The molecule has 2 aliphatic rings. The molecule has 0 radical (unpaired) electrons. The van der Waals surface area contributed by atoms with Crippen molar-refractivity contribution in [1.29, 1.82) is 0 Å². The smallest absolute Gasteiger partial charge is 0.222 e. The lowest BCUT2D eigenvalue weighted by atomic mass is 10.1. The standard InChI is InChI=1S/C19H37N5O/c1-4-20-19(22-10-9-21-18(25)16(2)3)24-13-8-17(15-24)14-23-11-6-5-7-12-23/h16-17H,4-15H2,1-3H3,(H,20,22)(H,21,25). The Morgan fingerprint density at radius 3 is 2.60 bits per heavy atom. The highest BCUT2D eigenvalue weighted by Crippen LogP contribution is 2.19. The van der Waals surface area contributed by atoms with Crippen molar-refractivity contribution in [1.82, 2.24) is 20.4 Å². The monoisotopic (exact) mass is 351 g/mol. The maximum absolute atomic E-state index is 11.6. The molecule has 6 heteroatoms. The first-order valence-corrected chi connectivity index (χ1v) is 10.1. The van der Waals surface area contributed by atoms with Crippen molar-refractivity contribution >= 4 is 11.9 Å². The molecule has 1 amide bonds. The predicted octanol–water partition coefficient (Wildman–Crippen LogP) is 1.53. The predicted molar refractivity (Wildman–Crippen MR) is 104 cm³/mol. The van der Waals surface area contributed by atoms with Gasteiger partial charge in [0.05, 0.1) is 6.54 Å². The van der Waals surface area contributed by atoms with Crippen LogP contribution in [0.5, 0.6) is 0 Å². The summed E-state index contributed by atoms with van der Waals surface area (Å²) in [7, 11) is 0. The third-order valence-corrected chi connectivity index (χ3v) is 5.08. The Kier molecular flexibility index (Phi) is 8.52. The lowest BCUT2D eigenvalue weighted by Gasteiger charge is -2.29. The van der Waals surface area contributed by atoms with E-state index in [0.29, 0.717) is 13.1 Å². The third kappa shape index (κ3) is 6.84. The van der Waals surface area contributed by atoms with Crippen LogP contribution in [0.2, 0.25) is 0 Å². The fourth-order valence-corrected chi connectivity index (χ4v) is 3.65. The summed E-state index contributed by atoms with van der Waals surface area (Å²) in [4.78, 5) is 21.4. The van der Waals surface area contributed by atoms with Crippen molar-refractivity contribution < 1.29 is 4.79 Å². The first kappa shape index (κ1) is 20.0. The zero-order chi connectivity index (χ0) is 18.1. The maximum atomic E-state index is 11.6. The van der Waals surface area contributed by atoms with E-state index >= 15 is 0 Å². The molecule has 0 bridgehead atoms. The summed E-state index contributed by atoms with van der Waals surface area (Å²) in [5.41, 5.74) is 0. The number of piperidine rings is 1. The number of rotatable bonds is 7. The van der Waals surface area contributed by atoms with Crippen molar-refractivity contribution in [3.05, 3.63) is 0 Å². The number of likely N-dealkylation sites (tertiary alicyclic amines) is 2. The zero-order valence-corrected chi connectivity index (χ0v) is 16.4. The molecule has 2 heterocycles. The zero-order valence-electron chi connectivity index (χ0n) is 16.4. The van der Waals surface area contributed by atoms with Gasteiger partial charge in [0, 0.05) is 38.6 Å². The van der Waals surface area contributed by atoms with E-state index in [1.54, 1.807) is 0 Å². The Hall–Kier alpha value is -1.30. The van der Waals surface area contributed by atoms with Gasteiger partial charge in [0.25, 0.3) is 0 Å². The molecule has 2 fully saturated rings. The molecule has 0 aromatic carbocycles. The molecule has 0 aromatic rings. The van der Waals surface area contributed by atoms with Crippen molar-refractivity contribution in [2.75, 3.05) is 52.4 Å². The van der Waals surface area contributed by atoms with Crippen LogP contribution in [0.1, 0.15) is 46.5 Å². The summed E-state index contributed by atoms with van der Waals surface area (Å²) in [6.45, 7) is 14.0. The molecule has 0 aliphatic carbocycles. The molecular weight excluding hydrogens is 314 g/mol. The molecule has 2 N–H and O–H groups in total. The summed E-state index contributed by atoms with van der Waals surface area (Å²) >= 11 is 0. The number of nitrogens with one attached hydrogen (secondary N) is 2. The van der Waals surface area contributed by atoms with E-state index in [1.165, 1.54) is 45.3 Å². The van der Waals surface area contributed by atoms with Gasteiger partial charge in [-0.1, -0.05) is 20.3 Å². The highest BCUT2D eigenvalue weighted by atomic mass is 16.1. The summed E-state index contributed by atoms with van der Waals surface area (Å²) in [5.74, 6) is 1.89.